The van der Waals surface area contributed by atoms with Crippen LogP contribution in [0, 0.1) is 0 Å². The number of H-pyrrole nitrogens is 1. The van der Waals surface area contributed by atoms with Crippen LogP contribution >= 0.6 is 0 Å². The zero-order valence-electron chi connectivity index (χ0n) is 23.9. The van der Waals surface area contributed by atoms with E-state index in [1.807, 2.05) is 17.0 Å². The topological polar surface area (TPSA) is 87.1 Å². The summed E-state index contributed by atoms with van der Waals surface area (Å²) in [4.78, 5) is 41.8. The highest BCUT2D eigenvalue weighted by Gasteiger charge is 2.20. The number of carbonyl (C=O) groups is 1. The average Bonchev–Trinajstić information content (AvgIpc) is 3.53. The molecule has 3 heterocycles. The number of imidazole rings is 1. The molecule has 0 saturated carbocycles. The molecule has 210 valence electrons. The summed E-state index contributed by atoms with van der Waals surface area (Å²) in [5.74, 6) is 1.10. The van der Waals surface area contributed by atoms with E-state index >= 15 is 0 Å². The normalized spacial score (nSPS) is 13.9. The number of aromatic nitrogens is 4. The Morgan fingerprint density at radius 3 is 2.45 bits per heavy atom. The molecule has 1 aliphatic rings. The molecule has 8 nitrogen and oxygen atoms in total. The highest BCUT2D eigenvalue weighted by molar-refractivity contribution is 5.92. The quantitative estimate of drug-likeness (QED) is 0.251. The van der Waals surface area contributed by atoms with E-state index in [9.17, 15) is 9.59 Å². The maximum Gasteiger partial charge on any atom is 0.270 e. The van der Waals surface area contributed by atoms with Crippen molar-refractivity contribution in [3.05, 3.63) is 63.8 Å². The molecule has 0 bridgehead atoms. The van der Waals surface area contributed by atoms with Crippen molar-refractivity contribution in [1.29, 1.82) is 0 Å². The van der Waals surface area contributed by atoms with Crippen LogP contribution in [0.2, 0.25) is 0 Å². The smallest absolute Gasteiger partial charge is 0.270 e. The summed E-state index contributed by atoms with van der Waals surface area (Å²) >= 11 is 0. The molecule has 1 fully saturated rings. The summed E-state index contributed by atoms with van der Waals surface area (Å²) in [7, 11) is 0. The number of hydrogen-bond donors (Lipinski definition) is 1. The highest BCUT2D eigenvalue weighted by Crippen LogP contribution is 2.24. The Kier molecular flexibility index (Phi) is 8.63. The first-order valence-corrected chi connectivity index (χ1v) is 14.7. The number of amides is 1. The Morgan fingerprint density at radius 2 is 1.75 bits per heavy atom. The predicted octanol–water partition coefficient (Wildman–Crippen LogP) is 5.64. The number of nitrogens with zero attached hydrogens (tertiary/aromatic N) is 5. The number of carbonyl (C=O) groups excluding carboxylic acids is 1. The van der Waals surface area contributed by atoms with Crippen molar-refractivity contribution >= 4 is 45.8 Å². The van der Waals surface area contributed by atoms with Crippen LogP contribution in [0.4, 0.5) is 5.69 Å². The maximum atomic E-state index is 12.6. The lowest BCUT2D eigenvalue weighted by atomic mass is 10.2. The summed E-state index contributed by atoms with van der Waals surface area (Å²) in [6, 6.07) is 12.6. The number of hydrogen-bond acceptors (Lipinski definition) is 5. The minimum absolute atomic E-state index is 0.122. The molecular weight excluding hydrogens is 500 g/mol. The average molecular weight is 541 g/mol. The second kappa shape index (κ2) is 12.5. The van der Waals surface area contributed by atoms with Gasteiger partial charge in [-0.25, -0.2) is 9.97 Å². The molecule has 1 N–H and O–H groups in total. The summed E-state index contributed by atoms with van der Waals surface area (Å²) < 4.78 is 2.22. The molecule has 0 unspecified atom stereocenters. The summed E-state index contributed by atoms with van der Waals surface area (Å²) in [6.45, 7) is 10.7. The van der Waals surface area contributed by atoms with E-state index in [4.69, 9.17) is 9.97 Å². The van der Waals surface area contributed by atoms with E-state index < -0.39 is 0 Å². The second-order valence-corrected chi connectivity index (χ2v) is 10.5. The minimum Gasteiger partial charge on any atom is -0.372 e. The van der Waals surface area contributed by atoms with Crippen LogP contribution in [-0.2, 0) is 17.8 Å². The van der Waals surface area contributed by atoms with E-state index in [2.05, 4.69) is 71.6 Å². The van der Waals surface area contributed by atoms with Gasteiger partial charge in [0.1, 0.15) is 11.5 Å². The molecule has 8 heteroatoms. The van der Waals surface area contributed by atoms with Gasteiger partial charge in [-0.05, 0) is 75.4 Å². The molecule has 1 saturated heterocycles. The van der Waals surface area contributed by atoms with E-state index in [1.165, 1.54) is 5.69 Å². The molecule has 40 heavy (non-hydrogen) atoms. The van der Waals surface area contributed by atoms with Crippen molar-refractivity contribution in [2.45, 2.75) is 65.8 Å². The standard InChI is InChI=1S/C32H40N6O2/c1-4-7-10-25-32(40)35-26-21-28-29(22-27(26)33-25)38(20-9-19-37-18-8-11-31(37)39)30(34-28)17-14-23-12-15-24(16-13-23)36(5-2)6-3/h12-17,21-22H,4-11,18-20H2,1-3H3,(H,35,40)/b17-14+. The fourth-order valence-electron chi connectivity index (χ4n) is 5.55. The summed E-state index contributed by atoms with van der Waals surface area (Å²) in [6.07, 6.45) is 9.21. The number of unbranched alkanes of at least 4 members (excludes halogenated alkanes) is 1. The molecule has 2 aromatic heterocycles. The number of fused-ring (bicyclic) bond motifs is 2. The third-order valence-electron chi connectivity index (χ3n) is 7.86. The second-order valence-electron chi connectivity index (χ2n) is 10.5. The minimum atomic E-state index is -0.122. The van der Waals surface area contributed by atoms with Crippen molar-refractivity contribution in [2.24, 2.45) is 0 Å². The van der Waals surface area contributed by atoms with Gasteiger partial charge in [-0.1, -0.05) is 31.6 Å². The van der Waals surface area contributed by atoms with E-state index in [0.717, 1.165) is 86.3 Å². The number of nitrogens with one attached hydrogen (secondary N) is 1. The van der Waals surface area contributed by atoms with Gasteiger partial charge < -0.3 is 19.4 Å². The van der Waals surface area contributed by atoms with Gasteiger partial charge in [0.15, 0.2) is 0 Å². The number of anilines is 1. The maximum absolute atomic E-state index is 12.6. The van der Waals surface area contributed by atoms with Gasteiger partial charge in [0.25, 0.3) is 5.56 Å². The fraction of sp³-hybridized carbons (Fsp3) is 0.438. The number of likely N-dealkylation sites (tertiary alicyclic amines) is 1. The van der Waals surface area contributed by atoms with Gasteiger partial charge in [-0.3, -0.25) is 9.59 Å². The van der Waals surface area contributed by atoms with Gasteiger partial charge in [-0.15, -0.1) is 0 Å². The Labute approximate surface area is 235 Å². The fourth-order valence-corrected chi connectivity index (χ4v) is 5.55. The lowest BCUT2D eigenvalue weighted by Gasteiger charge is -2.20. The number of benzene rings is 2. The van der Waals surface area contributed by atoms with Gasteiger partial charge in [0, 0.05) is 44.8 Å². The molecule has 1 amide bonds. The van der Waals surface area contributed by atoms with Crippen molar-refractivity contribution in [3.8, 4) is 0 Å². The molecule has 2 aromatic carbocycles. The van der Waals surface area contributed by atoms with Crippen LogP contribution in [0.3, 0.4) is 0 Å². The van der Waals surface area contributed by atoms with Crippen LogP contribution in [0.15, 0.2) is 41.2 Å². The SMILES string of the molecule is CCCCc1nc2cc3c(cc2[nH]c1=O)nc(/C=C/c1ccc(N(CC)CC)cc1)n3CCCN1CCCC1=O. The number of aromatic amines is 1. The molecule has 1 aliphatic heterocycles. The lowest BCUT2D eigenvalue weighted by molar-refractivity contribution is -0.127. The number of rotatable bonds is 12. The van der Waals surface area contributed by atoms with Gasteiger partial charge in [-0.2, -0.15) is 0 Å². The Morgan fingerprint density at radius 1 is 0.950 bits per heavy atom. The van der Waals surface area contributed by atoms with Crippen LogP contribution in [0.25, 0.3) is 34.2 Å². The monoisotopic (exact) mass is 540 g/mol. The van der Waals surface area contributed by atoms with Crippen molar-refractivity contribution in [1.82, 2.24) is 24.4 Å². The Bertz CT molecular complexity index is 1560. The summed E-state index contributed by atoms with van der Waals surface area (Å²) in [5, 5.41) is 0. The first-order chi connectivity index (χ1) is 19.5. The molecule has 0 radical (unpaired) electrons. The van der Waals surface area contributed by atoms with E-state index in [0.29, 0.717) is 24.1 Å². The first kappa shape index (κ1) is 27.6. The summed E-state index contributed by atoms with van der Waals surface area (Å²) in [5.41, 5.74) is 6.07. The van der Waals surface area contributed by atoms with Crippen LogP contribution in [-0.4, -0.2) is 56.5 Å². The van der Waals surface area contributed by atoms with Crippen molar-refractivity contribution in [2.75, 3.05) is 31.1 Å². The Hall–Kier alpha value is -3.94. The van der Waals surface area contributed by atoms with Gasteiger partial charge in [0.05, 0.1) is 22.1 Å². The third-order valence-corrected chi connectivity index (χ3v) is 7.86. The molecular formula is C32H40N6O2. The van der Waals surface area contributed by atoms with E-state index in [1.54, 1.807) is 0 Å². The molecule has 0 aliphatic carbocycles. The highest BCUT2D eigenvalue weighted by atomic mass is 16.2. The lowest BCUT2D eigenvalue weighted by Crippen LogP contribution is -2.26. The largest absolute Gasteiger partial charge is 0.372 e. The van der Waals surface area contributed by atoms with Crippen molar-refractivity contribution in [3.63, 3.8) is 0 Å². The van der Waals surface area contributed by atoms with E-state index in [-0.39, 0.29) is 11.5 Å². The Balaban J connectivity index is 1.48. The molecule has 0 spiro atoms. The van der Waals surface area contributed by atoms with Crippen LogP contribution in [0.5, 0.6) is 0 Å². The van der Waals surface area contributed by atoms with Gasteiger partial charge in [0.2, 0.25) is 5.91 Å². The van der Waals surface area contributed by atoms with Gasteiger partial charge >= 0.3 is 0 Å². The first-order valence-electron chi connectivity index (χ1n) is 14.7. The zero-order chi connectivity index (χ0) is 28.1. The molecule has 4 aromatic rings. The number of aryl methyl sites for hydroxylation is 2. The zero-order valence-corrected chi connectivity index (χ0v) is 23.9. The molecule has 0 atom stereocenters. The molecule has 5 rings (SSSR count). The van der Waals surface area contributed by atoms with Crippen LogP contribution < -0.4 is 10.5 Å². The third kappa shape index (κ3) is 5.96. The predicted molar refractivity (Wildman–Crippen MR) is 164 cm³/mol. The van der Waals surface area contributed by atoms with Crippen molar-refractivity contribution < 1.29 is 4.79 Å². The van der Waals surface area contributed by atoms with Crippen LogP contribution in [0.1, 0.15) is 70.0 Å².